The van der Waals surface area contributed by atoms with Crippen molar-refractivity contribution in [3.8, 4) is 5.75 Å². The van der Waals surface area contributed by atoms with E-state index in [9.17, 15) is 15.0 Å². The van der Waals surface area contributed by atoms with E-state index < -0.39 is 12.2 Å². The first-order valence-corrected chi connectivity index (χ1v) is 10.4. The smallest absolute Gasteiger partial charge is 0.224 e. The second kappa shape index (κ2) is 14.0. The SMILES string of the molecule is COc1ccc(CCC(O)C=CC=CC=CC(O)CCC(=O)Nc2ccccc2)cc1. The Kier molecular flexibility index (Phi) is 10.9. The highest BCUT2D eigenvalue weighted by atomic mass is 16.5. The lowest BCUT2D eigenvalue weighted by Crippen LogP contribution is -2.14. The van der Waals surface area contributed by atoms with Crippen LogP contribution in [0.4, 0.5) is 5.69 Å². The predicted octanol–water partition coefficient (Wildman–Crippen LogP) is 4.44. The summed E-state index contributed by atoms with van der Waals surface area (Å²) in [4.78, 5) is 11.9. The molecule has 3 N–H and O–H groups in total. The van der Waals surface area contributed by atoms with Gasteiger partial charge in [-0.25, -0.2) is 0 Å². The van der Waals surface area contributed by atoms with E-state index in [0.29, 0.717) is 12.8 Å². The quantitative estimate of drug-likeness (QED) is 0.443. The molecule has 0 radical (unpaired) electrons. The Balaban J connectivity index is 1.61. The lowest BCUT2D eigenvalue weighted by molar-refractivity contribution is -0.116. The molecule has 5 nitrogen and oxygen atoms in total. The highest BCUT2D eigenvalue weighted by Crippen LogP contribution is 2.13. The number of aliphatic hydroxyl groups excluding tert-OH is 2. The fourth-order valence-corrected chi connectivity index (χ4v) is 2.84. The molecule has 5 heteroatoms. The first-order chi connectivity index (χ1) is 15.1. The van der Waals surface area contributed by atoms with Crippen molar-refractivity contribution >= 4 is 11.6 Å². The fourth-order valence-electron chi connectivity index (χ4n) is 2.84. The van der Waals surface area contributed by atoms with Crippen molar-refractivity contribution in [1.29, 1.82) is 0 Å². The summed E-state index contributed by atoms with van der Waals surface area (Å²) in [5.41, 5.74) is 1.90. The minimum absolute atomic E-state index is 0.124. The van der Waals surface area contributed by atoms with E-state index in [1.165, 1.54) is 0 Å². The number of rotatable bonds is 12. The number of anilines is 1. The molecule has 1 amide bonds. The van der Waals surface area contributed by atoms with Crippen molar-refractivity contribution in [3.63, 3.8) is 0 Å². The van der Waals surface area contributed by atoms with E-state index in [0.717, 1.165) is 23.4 Å². The Hall–Kier alpha value is -3.15. The minimum atomic E-state index is -0.690. The van der Waals surface area contributed by atoms with Crippen LogP contribution in [0.5, 0.6) is 5.75 Å². The van der Waals surface area contributed by atoms with Crippen molar-refractivity contribution in [2.24, 2.45) is 0 Å². The van der Waals surface area contributed by atoms with Gasteiger partial charge in [0.15, 0.2) is 0 Å². The zero-order chi connectivity index (χ0) is 22.3. The Morgan fingerprint density at radius 3 is 2.13 bits per heavy atom. The number of benzene rings is 2. The molecule has 0 saturated carbocycles. The monoisotopic (exact) mass is 421 g/mol. The molecule has 2 aromatic rings. The van der Waals surface area contributed by atoms with Gasteiger partial charge < -0.3 is 20.3 Å². The van der Waals surface area contributed by atoms with Crippen LogP contribution in [0.25, 0.3) is 0 Å². The molecule has 0 saturated heterocycles. The first kappa shape index (κ1) is 24.1. The van der Waals surface area contributed by atoms with Crippen molar-refractivity contribution in [2.45, 2.75) is 37.9 Å². The third-order valence-electron chi connectivity index (χ3n) is 4.61. The standard InChI is InChI=1S/C26H31NO4/c1-31-25-18-14-21(15-19-25)13-16-23(28)11-7-2-3-8-12-24(29)17-20-26(30)27-22-9-5-4-6-10-22/h2-12,14-15,18-19,23-24,28-29H,13,16-17,20H2,1H3,(H,27,30). The normalized spacial score (nSPS) is 13.6. The van der Waals surface area contributed by atoms with Gasteiger partial charge in [0.05, 0.1) is 19.3 Å². The number of aliphatic hydroxyl groups is 2. The molecule has 0 bridgehead atoms. The number of carbonyl (C=O) groups is 1. The molecule has 0 aliphatic heterocycles. The zero-order valence-electron chi connectivity index (χ0n) is 17.9. The molecule has 0 aliphatic carbocycles. The largest absolute Gasteiger partial charge is 0.497 e. The summed E-state index contributed by atoms with van der Waals surface area (Å²) in [6, 6.07) is 17.1. The minimum Gasteiger partial charge on any atom is -0.497 e. The molecule has 0 fully saturated rings. The summed E-state index contributed by atoms with van der Waals surface area (Å²) in [6.07, 6.45) is 11.2. The molecular formula is C26H31NO4. The highest BCUT2D eigenvalue weighted by molar-refractivity contribution is 5.90. The van der Waals surface area contributed by atoms with E-state index in [1.54, 1.807) is 43.6 Å². The van der Waals surface area contributed by atoms with Crippen molar-refractivity contribution in [2.75, 3.05) is 12.4 Å². The number of aryl methyl sites for hydroxylation is 1. The van der Waals surface area contributed by atoms with Crippen LogP contribution in [0, 0.1) is 0 Å². The second-order valence-corrected chi connectivity index (χ2v) is 7.13. The Labute approximate surface area is 184 Å². The fraction of sp³-hybridized carbons (Fsp3) is 0.269. The van der Waals surface area contributed by atoms with Crippen LogP contribution in [-0.4, -0.2) is 35.4 Å². The van der Waals surface area contributed by atoms with Crippen LogP contribution in [0.15, 0.2) is 91.1 Å². The highest BCUT2D eigenvalue weighted by Gasteiger charge is 2.05. The average Bonchev–Trinajstić information content (AvgIpc) is 2.79. The van der Waals surface area contributed by atoms with Crippen molar-refractivity contribution in [1.82, 2.24) is 0 Å². The summed E-state index contributed by atoms with van der Waals surface area (Å²) in [5.74, 6) is 0.698. The molecule has 2 rings (SSSR count). The molecule has 2 aromatic carbocycles. The number of para-hydroxylation sites is 1. The van der Waals surface area contributed by atoms with Gasteiger partial charge in [-0.05, 0) is 49.1 Å². The van der Waals surface area contributed by atoms with Gasteiger partial charge in [-0.3, -0.25) is 4.79 Å². The molecule has 2 atom stereocenters. The number of amides is 1. The van der Waals surface area contributed by atoms with Crippen LogP contribution in [-0.2, 0) is 11.2 Å². The molecule has 0 aliphatic rings. The summed E-state index contributed by atoms with van der Waals surface area (Å²) >= 11 is 0. The number of allylic oxidation sites excluding steroid dienone is 4. The van der Waals surface area contributed by atoms with Gasteiger partial charge in [0.1, 0.15) is 5.75 Å². The topological polar surface area (TPSA) is 78.8 Å². The Morgan fingerprint density at radius 1 is 0.903 bits per heavy atom. The van der Waals surface area contributed by atoms with E-state index in [-0.39, 0.29) is 12.3 Å². The maximum Gasteiger partial charge on any atom is 0.224 e. The third-order valence-corrected chi connectivity index (χ3v) is 4.61. The van der Waals surface area contributed by atoms with Gasteiger partial charge in [0.25, 0.3) is 0 Å². The average molecular weight is 422 g/mol. The van der Waals surface area contributed by atoms with Gasteiger partial charge in [-0.1, -0.05) is 66.8 Å². The predicted molar refractivity (Wildman–Crippen MR) is 125 cm³/mol. The maximum absolute atomic E-state index is 11.9. The third kappa shape index (κ3) is 10.4. The van der Waals surface area contributed by atoms with E-state index in [2.05, 4.69) is 5.32 Å². The van der Waals surface area contributed by atoms with Crippen LogP contribution in [0.2, 0.25) is 0 Å². The van der Waals surface area contributed by atoms with E-state index >= 15 is 0 Å². The number of carbonyl (C=O) groups excluding carboxylic acids is 1. The van der Waals surface area contributed by atoms with E-state index in [4.69, 9.17) is 4.74 Å². The van der Waals surface area contributed by atoms with Crippen LogP contribution in [0.3, 0.4) is 0 Å². The van der Waals surface area contributed by atoms with Gasteiger partial charge >= 0.3 is 0 Å². The number of nitrogens with one attached hydrogen (secondary N) is 1. The van der Waals surface area contributed by atoms with Crippen LogP contribution in [0.1, 0.15) is 24.8 Å². The number of hydrogen-bond acceptors (Lipinski definition) is 4. The van der Waals surface area contributed by atoms with Crippen LogP contribution < -0.4 is 10.1 Å². The maximum atomic E-state index is 11.9. The molecule has 0 aromatic heterocycles. The number of hydrogen-bond donors (Lipinski definition) is 3. The van der Waals surface area contributed by atoms with Gasteiger partial charge in [0, 0.05) is 12.1 Å². The Bertz CT molecular complexity index is 857. The molecule has 31 heavy (non-hydrogen) atoms. The summed E-state index contributed by atoms with van der Waals surface area (Å²) in [5, 5.41) is 22.8. The lowest BCUT2D eigenvalue weighted by atomic mass is 10.1. The van der Waals surface area contributed by atoms with Gasteiger partial charge in [-0.15, -0.1) is 0 Å². The first-order valence-electron chi connectivity index (χ1n) is 10.4. The lowest BCUT2D eigenvalue weighted by Gasteiger charge is -2.06. The summed E-state index contributed by atoms with van der Waals surface area (Å²) < 4.78 is 5.13. The van der Waals surface area contributed by atoms with Gasteiger partial charge in [-0.2, -0.15) is 0 Å². The second-order valence-electron chi connectivity index (χ2n) is 7.13. The van der Waals surface area contributed by atoms with Crippen molar-refractivity contribution < 1.29 is 19.7 Å². The number of ether oxygens (including phenoxy) is 1. The van der Waals surface area contributed by atoms with Crippen LogP contribution >= 0.6 is 0 Å². The van der Waals surface area contributed by atoms with Crippen molar-refractivity contribution in [3.05, 3.63) is 96.6 Å². The molecular weight excluding hydrogens is 390 g/mol. The summed E-state index contributed by atoms with van der Waals surface area (Å²) in [7, 11) is 1.64. The molecule has 0 heterocycles. The number of methoxy groups -OCH3 is 1. The molecule has 2 unspecified atom stereocenters. The van der Waals surface area contributed by atoms with Gasteiger partial charge in [0.2, 0.25) is 5.91 Å². The molecule has 0 spiro atoms. The van der Waals surface area contributed by atoms with E-state index in [1.807, 2.05) is 54.6 Å². The Morgan fingerprint density at radius 2 is 1.52 bits per heavy atom. The zero-order valence-corrected chi connectivity index (χ0v) is 17.9. The summed E-state index contributed by atoms with van der Waals surface area (Å²) in [6.45, 7) is 0. The molecule has 164 valence electrons.